The van der Waals surface area contributed by atoms with Crippen molar-refractivity contribution in [2.75, 3.05) is 0 Å². The molecule has 0 radical (unpaired) electrons. The van der Waals surface area contributed by atoms with Gasteiger partial charge in [0.2, 0.25) is 0 Å². The molecule has 0 saturated carbocycles. The van der Waals surface area contributed by atoms with E-state index in [-0.39, 0.29) is 50.7 Å². The van der Waals surface area contributed by atoms with Crippen LogP contribution in [0.25, 0.3) is 0 Å². The Labute approximate surface area is 119 Å². The zero-order valence-corrected chi connectivity index (χ0v) is 14.3. The third kappa shape index (κ3) is 5.63. The molecule has 1 aromatic rings. The summed E-state index contributed by atoms with van der Waals surface area (Å²) in [6.07, 6.45) is 1.15. The van der Waals surface area contributed by atoms with E-state index in [2.05, 4.69) is 45.9 Å². The second kappa shape index (κ2) is 8.01. The number of rotatable bonds is 1. The molecule has 14 heavy (non-hydrogen) atoms. The van der Waals surface area contributed by atoms with Gasteiger partial charge in [-0.3, -0.25) is 0 Å². The van der Waals surface area contributed by atoms with Crippen LogP contribution in [0.5, 0.6) is 0 Å². The molecule has 0 amide bonds. The summed E-state index contributed by atoms with van der Waals surface area (Å²) in [5, 5.41) is 0. The molecule has 82 valence electrons. The van der Waals surface area contributed by atoms with Crippen LogP contribution in [0, 0.1) is 0 Å². The first-order chi connectivity index (χ1) is 5.04. The zero-order valence-electron chi connectivity index (χ0n) is 9.20. The topological polar surface area (TPSA) is 0 Å². The van der Waals surface area contributed by atoms with Gasteiger partial charge in [-0.1, -0.05) is 39.5 Å². The Morgan fingerprint density at radius 1 is 1.21 bits per heavy atom. The Hall–Kier alpha value is 0.800. The van der Waals surface area contributed by atoms with Crippen molar-refractivity contribution in [3.8, 4) is 0 Å². The van der Waals surface area contributed by atoms with Gasteiger partial charge in [0.1, 0.15) is 0 Å². The smallest absolute Gasteiger partial charge is 0 e. The second-order valence-corrected chi connectivity index (χ2v) is 4.11. The first-order valence-corrected chi connectivity index (χ1v) is 4.30. The molecule has 0 spiro atoms. The quantitative estimate of drug-likeness (QED) is 0.356. The van der Waals surface area contributed by atoms with E-state index in [1.807, 2.05) is 0 Å². The Bertz CT molecular complexity index is 236. The van der Waals surface area contributed by atoms with Crippen LogP contribution in [0.1, 0.15) is 38.8 Å². The van der Waals surface area contributed by atoms with Crippen molar-refractivity contribution in [2.45, 2.75) is 39.5 Å². The average Bonchev–Trinajstić information content (AvgIpc) is 2.32. The van der Waals surface area contributed by atoms with Crippen molar-refractivity contribution < 1.29 is 50.7 Å². The molecule has 0 atom stereocenters. The molecule has 0 aromatic heterocycles. The van der Waals surface area contributed by atoms with E-state index in [1.54, 1.807) is 0 Å². The average molecular weight is 399 g/mol. The molecule has 0 bridgehead atoms. The third-order valence-electron chi connectivity index (χ3n) is 2.09. The van der Waals surface area contributed by atoms with Gasteiger partial charge in [-0.2, -0.15) is 23.3 Å². The molecule has 0 aliphatic carbocycles. The van der Waals surface area contributed by atoms with Crippen molar-refractivity contribution in [2.24, 2.45) is 0 Å². The largest absolute Gasteiger partial charge is 1.00 e. The summed E-state index contributed by atoms with van der Waals surface area (Å²) in [7, 11) is 0. The maximum Gasteiger partial charge on any atom is 0 e. The van der Waals surface area contributed by atoms with Crippen molar-refractivity contribution in [3.63, 3.8) is 0 Å². The summed E-state index contributed by atoms with van der Waals surface area (Å²) in [6, 6.07) is 6.76. The molecule has 0 aliphatic heterocycles. The molecular weight excluding hydrogens is 382 g/mol. The van der Waals surface area contributed by atoms with Gasteiger partial charge in [0, 0.05) is 25.8 Å². The maximum absolute atomic E-state index is 2.31. The summed E-state index contributed by atoms with van der Waals surface area (Å²) in [6.45, 7) is 8.95. The van der Waals surface area contributed by atoms with Crippen LogP contribution in [-0.4, -0.2) is 0 Å². The first-order valence-electron chi connectivity index (χ1n) is 4.30. The van der Waals surface area contributed by atoms with Gasteiger partial charge in [0.15, 0.2) is 0 Å². The van der Waals surface area contributed by atoms with Crippen LogP contribution in [0.4, 0.5) is 0 Å². The summed E-state index contributed by atoms with van der Waals surface area (Å²) in [5.74, 6) is 0. The minimum Gasteiger partial charge on any atom is -1.00 e. The summed E-state index contributed by atoms with van der Waals surface area (Å²) >= 11 is 0. The van der Waals surface area contributed by atoms with E-state index < -0.39 is 0 Å². The SMILES string of the molecule is CCc1cc(C(C)(C)C)c[cH-]1.[Cl-].[Cl-].[Hf]. The van der Waals surface area contributed by atoms with Gasteiger partial charge >= 0.3 is 0 Å². The van der Waals surface area contributed by atoms with E-state index in [9.17, 15) is 0 Å². The molecule has 0 N–H and O–H groups in total. The zero-order chi connectivity index (χ0) is 8.48. The van der Waals surface area contributed by atoms with Crippen LogP contribution in [0.15, 0.2) is 18.2 Å². The van der Waals surface area contributed by atoms with Crippen LogP contribution in [0.3, 0.4) is 0 Å². The second-order valence-electron chi connectivity index (χ2n) is 4.11. The number of aryl methyl sites for hydroxylation is 1. The third-order valence-corrected chi connectivity index (χ3v) is 2.09. The molecule has 0 nitrogen and oxygen atoms in total. The Morgan fingerprint density at radius 3 is 1.93 bits per heavy atom. The summed E-state index contributed by atoms with van der Waals surface area (Å²) in [4.78, 5) is 0. The maximum atomic E-state index is 2.31. The van der Waals surface area contributed by atoms with Gasteiger partial charge in [0.25, 0.3) is 0 Å². The van der Waals surface area contributed by atoms with Crippen LogP contribution < -0.4 is 24.8 Å². The Morgan fingerprint density at radius 2 is 1.71 bits per heavy atom. The van der Waals surface area contributed by atoms with E-state index >= 15 is 0 Å². The van der Waals surface area contributed by atoms with Gasteiger partial charge in [-0.05, 0) is 0 Å². The normalized spacial score (nSPS) is 9.43. The number of hydrogen-bond donors (Lipinski definition) is 0. The predicted molar refractivity (Wildman–Crippen MR) is 50.1 cm³/mol. The Kier molecular flexibility index (Phi) is 11.6. The van der Waals surface area contributed by atoms with Gasteiger partial charge in [0.05, 0.1) is 0 Å². The molecular formula is C11H17Cl2Hf-3. The molecule has 0 heterocycles. The van der Waals surface area contributed by atoms with Crippen molar-refractivity contribution >= 4 is 0 Å². The molecule has 1 rings (SSSR count). The van der Waals surface area contributed by atoms with E-state index in [0.29, 0.717) is 5.41 Å². The molecule has 0 aliphatic rings. The van der Waals surface area contributed by atoms with Gasteiger partial charge < -0.3 is 24.8 Å². The molecule has 0 saturated heterocycles. The van der Waals surface area contributed by atoms with E-state index in [0.717, 1.165) is 6.42 Å². The fraction of sp³-hybridized carbons (Fsp3) is 0.545. The van der Waals surface area contributed by atoms with E-state index in [4.69, 9.17) is 0 Å². The molecule has 1 aromatic carbocycles. The minimum absolute atomic E-state index is 0. The van der Waals surface area contributed by atoms with Gasteiger partial charge in [-0.15, -0.1) is 0 Å². The molecule has 0 fully saturated rings. The van der Waals surface area contributed by atoms with Gasteiger partial charge in [-0.25, -0.2) is 6.07 Å². The summed E-state index contributed by atoms with van der Waals surface area (Å²) in [5.41, 5.74) is 3.22. The van der Waals surface area contributed by atoms with Crippen LogP contribution >= 0.6 is 0 Å². The van der Waals surface area contributed by atoms with Crippen molar-refractivity contribution in [1.29, 1.82) is 0 Å². The van der Waals surface area contributed by atoms with E-state index in [1.165, 1.54) is 11.1 Å². The molecule has 3 heteroatoms. The Balaban J connectivity index is -0.000000403. The number of halogens is 2. The van der Waals surface area contributed by atoms with Crippen molar-refractivity contribution in [3.05, 3.63) is 29.3 Å². The number of hydrogen-bond acceptors (Lipinski definition) is 0. The summed E-state index contributed by atoms with van der Waals surface area (Å²) < 4.78 is 0. The predicted octanol–water partition coefficient (Wildman–Crippen LogP) is -2.73. The van der Waals surface area contributed by atoms with Crippen LogP contribution in [-0.2, 0) is 37.7 Å². The molecule has 0 unspecified atom stereocenters. The standard InChI is InChI=1S/C11H17.2ClH.Hf/c1-5-9-6-7-10(8-9)11(2,3)4;;;/h6-8H,5H2,1-4H3;2*1H;/q-1;;;/p-2. The monoisotopic (exact) mass is 399 g/mol. The first kappa shape index (κ1) is 20.2. The fourth-order valence-electron chi connectivity index (χ4n) is 1.18. The minimum atomic E-state index is 0. The van der Waals surface area contributed by atoms with Crippen LogP contribution in [0.2, 0.25) is 0 Å². The van der Waals surface area contributed by atoms with Crippen molar-refractivity contribution in [1.82, 2.24) is 0 Å². The fourth-order valence-corrected chi connectivity index (χ4v) is 1.18.